The number of nitrogens with two attached hydrogens (primary N) is 1. The Morgan fingerprint density at radius 1 is 1.53 bits per heavy atom. The zero-order valence-corrected chi connectivity index (χ0v) is 10.9. The predicted molar refractivity (Wildman–Crippen MR) is 71.9 cm³/mol. The maximum absolute atomic E-state index is 11.6. The number of thiocarbonyl (C=S) groups is 1. The molecule has 6 heteroatoms. The van der Waals surface area contributed by atoms with Gasteiger partial charge in [0.25, 0.3) is 0 Å². The van der Waals surface area contributed by atoms with E-state index in [-0.39, 0.29) is 11.9 Å². The first-order valence-corrected chi connectivity index (χ1v) is 5.56. The minimum Gasteiger partial charge on any atom is -0.389 e. The van der Waals surface area contributed by atoms with Crippen LogP contribution in [0.3, 0.4) is 0 Å². The van der Waals surface area contributed by atoms with Gasteiger partial charge in [0.15, 0.2) is 0 Å². The Morgan fingerprint density at radius 2 is 2.18 bits per heavy atom. The molecule has 0 saturated heterocycles. The molecule has 0 bridgehead atoms. The Kier molecular flexibility index (Phi) is 4.39. The van der Waals surface area contributed by atoms with E-state index in [0.29, 0.717) is 16.4 Å². The molecule has 5 nitrogen and oxygen atoms in total. The summed E-state index contributed by atoms with van der Waals surface area (Å²) < 4.78 is 0. The molecule has 0 aliphatic carbocycles. The van der Waals surface area contributed by atoms with Crippen molar-refractivity contribution in [2.75, 3.05) is 19.4 Å². The topological polar surface area (TPSA) is 71.2 Å². The number of aromatic nitrogens is 1. The molecule has 1 aromatic heterocycles. The van der Waals surface area contributed by atoms with Crippen LogP contribution in [-0.2, 0) is 4.79 Å². The summed E-state index contributed by atoms with van der Waals surface area (Å²) in [6.45, 7) is 1.78. The van der Waals surface area contributed by atoms with Crippen LogP contribution in [0.15, 0.2) is 18.3 Å². The van der Waals surface area contributed by atoms with Gasteiger partial charge in [-0.15, -0.1) is 0 Å². The van der Waals surface area contributed by atoms with Gasteiger partial charge in [0.1, 0.15) is 16.8 Å². The first kappa shape index (κ1) is 13.4. The second-order valence-electron chi connectivity index (χ2n) is 3.90. The zero-order chi connectivity index (χ0) is 13.0. The van der Waals surface area contributed by atoms with Crippen molar-refractivity contribution in [1.29, 1.82) is 0 Å². The number of nitrogens with zero attached hydrogens (tertiary/aromatic N) is 2. The van der Waals surface area contributed by atoms with E-state index in [1.165, 1.54) is 4.90 Å². The molecule has 0 spiro atoms. The van der Waals surface area contributed by atoms with Crippen molar-refractivity contribution in [2.45, 2.75) is 13.0 Å². The maximum Gasteiger partial charge on any atom is 0.244 e. The van der Waals surface area contributed by atoms with Crippen molar-refractivity contribution in [3.63, 3.8) is 0 Å². The van der Waals surface area contributed by atoms with Crippen LogP contribution in [0.25, 0.3) is 0 Å². The van der Waals surface area contributed by atoms with Crippen LogP contribution >= 0.6 is 12.2 Å². The van der Waals surface area contributed by atoms with Crippen LogP contribution in [-0.4, -0.2) is 40.9 Å². The number of carbonyl (C=O) groups is 1. The number of hydrogen-bond donors (Lipinski definition) is 2. The zero-order valence-electron chi connectivity index (χ0n) is 10.1. The van der Waals surface area contributed by atoms with E-state index in [2.05, 4.69) is 10.3 Å². The molecule has 1 unspecified atom stereocenters. The number of pyridine rings is 1. The van der Waals surface area contributed by atoms with Crippen molar-refractivity contribution in [1.82, 2.24) is 9.88 Å². The van der Waals surface area contributed by atoms with E-state index in [4.69, 9.17) is 18.0 Å². The Labute approximate surface area is 106 Å². The van der Waals surface area contributed by atoms with Crippen molar-refractivity contribution >= 4 is 28.9 Å². The van der Waals surface area contributed by atoms with Crippen LogP contribution < -0.4 is 11.1 Å². The van der Waals surface area contributed by atoms with Gasteiger partial charge in [-0.2, -0.15) is 0 Å². The van der Waals surface area contributed by atoms with Crippen molar-refractivity contribution in [3.05, 3.63) is 23.9 Å². The third-order valence-electron chi connectivity index (χ3n) is 2.22. The summed E-state index contributed by atoms with van der Waals surface area (Å²) in [5, 5.41) is 3.00. The van der Waals surface area contributed by atoms with Gasteiger partial charge in [0.2, 0.25) is 5.91 Å². The number of hydrogen-bond acceptors (Lipinski definition) is 4. The van der Waals surface area contributed by atoms with Crippen LogP contribution in [0.5, 0.6) is 0 Å². The maximum atomic E-state index is 11.6. The standard InChI is InChI=1S/C11H16N4OS/c1-7(11(16)15(2)3)14-9-5-4-8(6-13-9)10(12)17/h4-7H,1-3H3,(H2,12,17)(H,13,14). The van der Waals surface area contributed by atoms with E-state index < -0.39 is 0 Å². The van der Waals surface area contributed by atoms with Crippen molar-refractivity contribution < 1.29 is 4.79 Å². The first-order valence-electron chi connectivity index (χ1n) is 5.15. The monoisotopic (exact) mass is 252 g/mol. The quantitative estimate of drug-likeness (QED) is 0.768. The number of likely N-dealkylation sites (N-methyl/N-ethyl adjacent to an activating group) is 1. The lowest BCUT2D eigenvalue weighted by molar-refractivity contribution is -0.129. The van der Waals surface area contributed by atoms with Crippen LogP contribution in [0, 0.1) is 0 Å². The predicted octanol–water partition coefficient (Wildman–Crippen LogP) is 0.604. The largest absolute Gasteiger partial charge is 0.389 e. The average Bonchev–Trinajstić information content (AvgIpc) is 2.28. The molecule has 17 heavy (non-hydrogen) atoms. The Balaban J connectivity index is 2.69. The number of amides is 1. The first-order chi connectivity index (χ1) is 7.91. The molecular formula is C11H16N4OS. The normalized spacial score (nSPS) is 11.7. The second kappa shape index (κ2) is 5.58. The number of rotatable bonds is 4. The summed E-state index contributed by atoms with van der Waals surface area (Å²) in [5.41, 5.74) is 6.17. The highest BCUT2D eigenvalue weighted by molar-refractivity contribution is 7.80. The Hall–Kier alpha value is -1.69. The van der Waals surface area contributed by atoms with Crippen molar-refractivity contribution in [3.8, 4) is 0 Å². The number of carbonyl (C=O) groups excluding carboxylic acids is 1. The van der Waals surface area contributed by atoms with Gasteiger partial charge in [-0.05, 0) is 19.1 Å². The van der Waals surface area contributed by atoms with Gasteiger partial charge in [-0.1, -0.05) is 12.2 Å². The molecule has 0 aromatic carbocycles. The Bertz CT molecular complexity index is 416. The SMILES string of the molecule is CC(Nc1ccc(C(N)=S)cn1)C(=O)N(C)C. The van der Waals surface area contributed by atoms with Crippen LogP contribution in [0.4, 0.5) is 5.82 Å². The van der Waals surface area contributed by atoms with E-state index >= 15 is 0 Å². The van der Waals surface area contributed by atoms with Gasteiger partial charge in [-0.3, -0.25) is 4.79 Å². The lowest BCUT2D eigenvalue weighted by Gasteiger charge is -2.18. The van der Waals surface area contributed by atoms with E-state index in [1.807, 2.05) is 0 Å². The molecule has 92 valence electrons. The van der Waals surface area contributed by atoms with Crippen molar-refractivity contribution in [2.24, 2.45) is 5.73 Å². The lowest BCUT2D eigenvalue weighted by Crippen LogP contribution is -2.36. The Morgan fingerprint density at radius 3 is 2.59 bits per heavy atom. The summed E-state index contributed by atoms with van der Waals surface area (Å²) in [6.07, 6.45) is 1.58. The molecular weight excluding hydrogens is 236 g/mol. The summed E-state index contributed by atoms with van der Waals surface area (Å²) in [6, 6.07) is 3.19. The molecule has 1 atom stereocenters. The molecule has 0 radical (unpaired) electrons. The fourth-order valence-electron chi connectivity index (χ4n) is 1.30. The molecule has 1 amide bonds. The smallest absolute Gasteiger partial charge is 0.244 e. The second-order valence-corrected chi connectivity index (χ2v) is 4.33. The third kappa shape index (κ3) is 3.67. The minimum absolute atomic E-state index is 0.00905. The number of anilines is 1. The third-order valence-corrected chi connectivity index (χ3v) is 2.46. The average molecular weight is 252 g/mol. The highest BCUT2D eigenvalue weighted by Gasteiger charge is 2.14. The molecule has 1 aromatic rings. The van der Waals surface area contributed by atoms with Crippen LogP contribution in [0.1, 0.15) is 12.5 Å². The lowest BCUT2D eigenvalue weighted by atomic mass is 10.2. The van der Waals surface area contributed by atoms with Gasteiger partial charge in [-0.25, -0.2) is 4.98 Å². The molecule has 0 aliphatic heterocycles. The van der Waals surface area contributed by atoms with E-state index in [9.17, 15) is 4.79 Å². The molecule has 0 aliphatic rings. The number of nitrogens with one attached hydrogen (secondary N) is 1. The summed E-state index contributed by atoms with van der Waals surface area (Å²) >= 11 is 4.83. The summed E-state index contributed by atoms with van der Waals surface area (Å²) in [7, 11) is 3.42. The van der Waals surface area contributed by atoms with Gasteiger partial charge >= 0.3 is 0 Å². The van der Waals surface area contributed by atoms with Crippen LogP contribution in [0.2, 0.25) is 0 Å². The van der Waals surface area contributed by atoms with E-state index in [1.54, 1.807) is 39.3 Å². The van der Waals surface area contributed by atoms with E-state index in [0.717, 1.165) is 0 Å². The molecule has 1 heterocycles. The fraction of sp³-hybridized carbons (Fsp3) is 0.364. The molecule has 3 N–H and O–H groups in total. The fourth-order valence-corrected chi connectivity index (χ4v) is 1.42. The molecule has 0 saturated carbocycles. The summed E-state index contributed by atoms with van der Waals surface area (Å²) in [5.74, 6) is 0.609. The summed E-state index contributed by atoms with van der Waals surface area (Å²) in [4.78, 5) is 17.6. The minimum atomic E-state index is -0.326. The molecule has 1 rings (SSSR count). The van der Waals surface area contributed by atoms with Gasteiger partial charge in [0, 0.05) is 25.9 Å². The van der Waals surface area contributed by atoms with Gasteiger partial charge in [0.05, 0.1) is 0 Å². The highest BCUT2D eigenvalue weighted by atomic mass is 32.1. The highest BCUT2D eigenvalue weighted by Crippen LogP contribution is 2.07. The van der Waals surface area contributed by atoms with Gasteiger partial charge < -0.3 is 16.0 Å². The molecule has 0 fully saturated rings.